The van der Waals surface area contributed by atoms with Gasteiger partial charge in [0.25, 0.3) is 0 Å². The average Bonchev–Trinajstić information content (AvgIpc) is 2.40. The number of ether oxygens (including phenoxy) is 2. The highest BCUT2D eigenvalue weighted by atomic mass is 16.5. The Labute approximate surface area is 102 Å². The highest BCUT2D eigenvalue weighted by molar-refractivity contribution is 5.29. The molecule has 1 aromatic rings. The largest absolute Gasteiger partial charge is 0.497 e. The van der Waals surface area contributed by atoms with E-state index >= 15 is 0 Å². The van der Waals surface area contributed by atoms with Gasteiger partial charge in [-0.15, -0.1) is 0 Å². The monoisotopic (exact) mass is 236 g/mol. The second kappa shape index (κ2) is 5.52. The number of hydrogen-bond donors (Lipinski definition) is 1. The van der Waals surface area contributed by atoms with Gasteiger partial charge in [-0.05, 0) is 37.0 Å². The van der Waals surface area contributed by atoms with Gasteiger partial charge in [0.2, 0.25) is 0 Å². The maximum absolute atomic E-state index is 9.64. The van der Waals surface area contributed by atoms with Gasteiger partial charge in [0, 0.05) is 25.2 Å². The first-order valence-electron chi connectivity index (χ1n) is 6.10. The number of hydrogen-bond acceptors (Lipinski definition) is 3. The van der Waals surface area contributed by atoms with E-state index in [4.69, 9.17) is 9.47 Å². The van der Waals surface area contributed by atoms with Gasteiger partial charge in [0.05, 0.1) is 7.11 Å². The molecule has 0 atom stereocenters. The van der Waals surface area contributed by atoms with E-state index in [9.17, 15) is 5.11 Å². The molecule has 1 N–H and O–H groups in total. The summed E-state index contributed by atoms with van der Waals surface area (Å²) in [6.07, 6.45) is 2.76. The van der Waals surface area contributed by atoms with Gasteiger partial charge in [-0.3, -0.25) is 0 Å². The van der Waals surface area contributed by atoms with Crippen LogP contribution in [-0.4, -0.2) is 32.0 Å². The summed E-state index contributed by atoms with van der Waals surface area (Å²) in [6.45, 7) is 1.74. The van der Waals surface area contributed by atoms with E-state index in [1.165, 1.54) is 5.56 Å². The minimum absolute atomic E-state index is 0.00931. The number of rotatable bonds is 4. The van der Waals surface area contributed by atoms with Crippen LogP contribution in [0.4, 0.5) is 0 Å². The number of benzene rings is 1. The molecule has 1 saturated heterocycles. The average molecular weight is 236 g/mol. The second-order valence-electron chi connectivity index (χ2n) is 4.80. The van der Waals surface area contributed by atoms with Crippen molar-refractivity contribution in [3.8, 4) is 5.75 Å². The van der Waals surface area contributed by atoms with Crippen LogP contribution in [0.5, 0.6) is 5.75 Å². The fraction of sp³-hybridized carbons (Fsp3) is 0.571. The van der Waals surface area contributed by atoms with Gasteiger partial charge in [-0.1, -0.05) is 12.1 Å². The van der Waals surface area contributed by atoms with Crippen LogP contribution in [-0.2, 0) is 11.2 Å². The zero-order valence-corrected chi connectivity index (χ0v) is 10.3. The van der Waals surface area contributed by atoms with Gasteiger partial charge in [-0.25, -0.2) is 0 Å². The summed E-state index contributed by atoms with van der Waals surface area (Å²) in [5.74, 6) is 0.877. The highest BCUT2D eigenvalue weighted by Crippen LogP contribution is 2.34. The summed E-state index contributed by atoms with van der Waals surface area (Å²) in [6, 6.07) is 8.08. The third-order valence-corrected chi connectivity index (χ3v) is 3.60. The van der Waals surface area contributed by atoms with E-state index in [2.05, 4.69) is 6.07 Å². The van der Waals surface area contributed by atoms with Crippen LogP contribution in [0.3, 0.4) is 0 Å². The molecule has 17 heavy (non-hydrogen) atoms. The van der Waals surface area contributed by atoms with Crippen molar-refractivity contribution < 1.29 is 14.6 Å². The first-order valence-corrected chi connectivity index (χ1v) is 6.10. The zero-order chi connectivity index (χ0) is 12.1. The minimum Gasteiger partial charge on any atom is -0.497 e. The predicted octanol–water partition coefficient (Wildman–Crippen LogP) is 2.03. The number of methoxy groups -OCH3 is 1. The fourth-order valence-electron chi connectivity index (χ4n) is 2.41. The Morgan fingerprint density at radius 2 is 2.12 bits per heavy atom. The summed E-state index contributed by atoms with van der Waals surface area (Å²) < 4.78 is 10.6. The number of aliphatic hydroxyl groups excluding tert-OH is 1. The summed E-state index contributed by atoms with van der Waals surface area (Å²) in [7, 11) is 1.68. The van der Waals surface area contributed by atoms with E-state index < -0.39 is 0 Å². The van der Waals surface area contributed by atoms with E-state index in [0.717, 1.165) is 38.2 Å². The van der Waals surface area contributed by atoms with Crippen LogP contribution in [0.1, 0.15) is 18.4 Å². The van der Waals surface area contributed by atoms with E-state index in [1.807, 2.05) is 18.2 Å². The third kappa shape index (κ3) is 2.99. The lowest BCUT2D eigenvalue weighted by Gasteiger charge is -2.35. The van der Waals surface area contributed by atoms with Gasteiger partial charge in [0.1, 0.15) is 5.75 Å². The lowest BCUT2D eigenvalue weighted by Crippen LogP contribution is -2.35. The van der Waals surface area contributed by atoms with Crippen LogP contribution < -0.4 is 4.74 Å². The van der Waals surface area contributed by atoms with Crippen molar-refractivity contribution in [3.63, 3.8) is 0 Å². The van der Waals surface area contributed by atoms with Crippen molar-refractivity contribution in [1.29, 1.82) is 0 Å². The Balaban J connectivity index is 2.11. The maximum atomic E-state index is 9.64. The van der Waals surface area contributed by atoms with Gasteiger partial charge in [0.15, 0.2) is 0 Å². The van der Waals surface area contributed by atoms with Crippen molar-refractivity contribution in [1.82, 2.24) is 0 Å². The second-order valence-corrected chi connectivity index (χ2v) is 4.80. The fourth-order valence-corrected chi connectivity index (χ4v) is 2.41. The molecule has 1 fully saturated rings. The summed E-state index contributed by atoms with van der Waals surface area (Å²) >= 11 is 0. The molecule has 0 amide bonds. The molecule has 0 spiro atoms. The zero-order valence-electron chi connectivity index (χ0n) is 10.3. The molecule has 3 heteroatoms. The number of aliphatic hydroxyl groups is 1. The Morgan fingerprint density at radius 1 is 1.35 bits per heavy atom. The Hall–Kier alpha value is -1.06. The standard InChI is InChI=1S/C14H20O3/c1-16-13-4-2-3-12(9-13)10-14(11-15)5-7-17-8-6-14/h2-4,9,15H,5-8,10-11H2,1H3. The van der Waals surface area contributed by atoms with E-state index in [-0.39, 0.29) is 12.0 Å². The van der Waals surface area contributed by atoms with Crippen LogP contribution in [0.15, 0.2) is 24.3 Å². The van der Waals surface area contributed by atoms with Crippen molar-refractivity contribution >= 4 is 0 Å². The molecule has 2 rings (SSSR count). The van der Waals surface area contributed by atoms with Crippen molar-refractivity contribution in [3.05, 3.63) is 29.8 Å². The topological polar surface area (TPSA) is 38.7 Å². The molecule has 1 aromatic carbocycles. The molecular formula is C14H20O3. The van der Waals surface area contributed by atoms with Gasteiger partial charge < -0.3 is 14.6 Å². The molecule has 0 saturated carbocycles. The first kappa shape index (κ1) is 12.4. The quantitative estimate of drug-likeness (QED) is 0.869. The van der Waals surface area contributed by atoms with E-state index in [0.29, 0.717) is 0 Å². The Bertz CT molecular complexity index is 356. The lowest BCUT2D eigenvalue weighted by atomic mass is 9.76. The molecule has 0 radical (unpaired) electrons. The van der Waals surface area contributed by atoms with Crippen molar-refractivity contribution in [2.24, 2.45) is 5.41 Å². The van der Waals surface area contributed by atoms with Crippen LogP contribution in [0, 0.1) is 5.41 Å². The summed E-state index contributed by atoms with van der Waals surface area (Å²) in [4.78, 5) is 0. The molecule has 1 aliphatic rings. The highest BCUT2D eigenvalue weighted by Gasteiger charge is 2.32. The predicted molar refractivity (Wildman–Crippen MR) is 66.3 cm³/mol. The van der Waals surface area contributed by atoms with Gasteiger partial charge in [-0.2, -0.15) is 0 Å². The Morgan fingerprint density at radius 3 is 2.76 bits per heavy atom. The van der Waals surface area contributed by atoms with Crippen LogP contribution in [0.25, 0.3) is 0 Å². The minimum atomic E-state index is -0.00931. The molecule has 0 aromatic heterocycles. The van der Waals surface area contributed by atoms with Crippen molar-refractivity contribution in [2.45, 2.75) is 19.3 Å². The molecule has 0 bridgehead atoms. The Kier molecular flexibility index (Phi) is 4.02. The normalized spacial score (nSPS) is 18.9. The maximum Gasteiger partial charge on any atom is 0.119 e. The molecule has 0 aliphatic carbocycles. The SMILES string of the molecule is COc1cccc(CC2(CO)CCOCC2)c1. The smallest absolute Gasteiger partial charge is 0.119 e. The van der Waals surface area contributed by atoms with Crippen molar-refractivity contribution in [2.75, 3.05) is 26.9 Å². The first-order chi connectivity index (χ1) is 8.28. The van der Waals surface area contributed by atoms with Crippen LogP contribution in [0.2, 0.25) is 0 Å². The van der Waals surface area contributed by atoms with Gasteiger partial charge >= 0.3 is 0 Å². The third-order valence-electron chi connectivity index (χ3n) is 3.60. The molecule has 1 heterocycles. The van der Waals surface area contributed by atoms with Crippen LogP contribution >= 0.6 is 0 Å². The molecule has 0 unspecified atom stereocenters. The molecular weight excluding hydrogens is 216 g/mol. The molecule has 3 nitrogen and oxygen atoms in total. The van der Waals surface area contributed by atoms with E-state index in [1.54, 1.807) is 7.11 Å². The molecule has 94 valence electrons. The lowest BCUT2D eigenvalue weighted by molar-refractivity contribution is -0.0157. The summed E-state index contributed by atoms with van der Waals surface area (Å²) in [5, 5.41) is 9.64. The summed E-state index contributed by atoms with van der Waals surface area (Å²) in [5.41, 5.74) is 1.21. The molecule has 1 aliphatic heterocycles.